The van der Waals surface area contributed by atoms with Crippen LogP contribution in [0.3, 0.4) is 0 Å². The van der Waals surface area contributed by atoms with Gasteiger partial charge in [-0.3, -0.25) is 14.3 Å². The van der Waals surface area contributed by atoms with Gasteiger partial charge in [-0.05, 0) is 6.07 Å². The summed E-state index contributed by atoms with van der Waals surface area (Å²) < 4.78 is 57.2. The Morgan fingerprint density at radius 1 is 1.23 bits per heavy atom. The van der Waals surface area contributed by atoms with Gasteiger partial charge in [-0.1, -0.05) is 0 Å². The molecule has 30 heavy (non-hydrogen) atoms. The summed E-state index contributed by atoms with van der Waals surface area (Å²) in [5, 5.41) is 0.226. The Morgan fingerprint density at radius 3 is 2.60 bits per heavy atom. The second-order valence-corrected chi connectivity index (χ2v) is 10.1. The minimum Gasteiger partial charge on any atom is -0.369 e. The van der Waals surface area contributed by atoms with Crippen LogP contribution in [0.2, 0.25) is 0 Å². The van der Waals surface area contributed by atoms with Crippen LogP contribution < -0.4 is 11.3 Å². The van der Waals surface area contributed by atoms with Crippen molar-refractivity contribution in [1.29, 1.82) is 0 Å². The lowest BCUT2D eigenvalue weighted by Crippen LogP contribution is -2.18. The molecule has 0 aliphatic carbocycles. The summed E-state index contributed by atoms with van der Waals surface area (Å²) in [6.07, 6.45) is -0.604. The van der Waals surface area contributed by atoms with E-state index in [0.29, 0.717) is 0 Å². The number of rotatable bonds is 8. The van der Waals surface area contributed by atoms with Crippen molar-refractivity contribution < 1.29 is 55.9 Å². The zero-order valence-corrected chi connectivity index (χ0v) is 17.2. The number of aromatic nitrogens is 3. The van der Waals surface area contributed by atoms with Crippen LogP contribution in [0, 0.1) is 0 Å². The Kier molecular flexibility index (Phi) is 6.38. The Balaban J connectivity index is 1.62. The Hall–Kier alpha value is -1.45. The standard InChI is InChI=1S/C10H15N4O13P3/c11-10-12-8-5(9(15)13-10)1-2-14(8)6-3-23-7(25-6)4-24-29(19,20)27-30(21,22)26-28(16,17)18/h1-2,6-7H,3-4H2,(H,19,20)(H,21,22)(H2,16,17,18)(H3,11,12,13,15)/t6-,7-/m1/s1. The molecule has 0 radical (unpaired) electrons. The average Bonchev–Trinajstić information content (AvgIpc) is 3.15. The molecule has 4 atom stereocenters. The molecule has 3 rings (SSSR count). The van der Waals surface area contributed by atoms with Crippen LogP contribution in [0.25, 0.3) is 11.0 Å². The number of hydrogen-bond donors (Lipinski definition) is 6. The molecule has 20 heteroatoms. The van der Waals surface area contributed by atoms with Crippen molar-refractivity contribution in [1.82, 2.24) is 14.5 Å². The first-order valence-corrected chi connectivity index (χ1v) is 12.2. The molecule has 17 nitrogen and oxygen atoms in total. The zero-order chi connectivity index (χ0) is 22.3. The summed E-state index contributed by atoms with van der Waals surface area (Å²) in [6.45, 7) is -0.877. The lowest BCUT2D eigenvalue weighted by molar-refractivity contribution is -0.0960. The number of fused-ring (bicyclic) bond motifs is 1. The van der Waals surface area contributed by atoms with Gasteiger partial charge < -0.3 is 39.3 Å². The number of nitrogen functional groups attached to an aromatic ring is 1. The molecule has 1 aliphatic heterocycles. The largest absolute Gasteiger partial charge is 0.490 e. The molecular formula is C10H15N4O13P3. The summed E-state index contributed by atoms with van der Waals surface area (Å²) in [4.78, 5) is 53.6. The number of anilines is 1. The van der Waals surface area contributed by atoms with Crippen molar-refractivity contribution in [3.8, 4) is 0 Å². The first-order chi connectivity index (χ1) is 13.7. The Morgan fingerprint density at radius 2 is 1.93 bits per heavy atom. The first kappa shape index (κ1) is 23.2. The van der Waals surface area contributed by atoms with Crippen LogP contribution in [0.1, 0.15) is 6.23 Å². The number of phosphoric ester groups is 1. The predicted octanol–water partition coefficient (Wildman–Crippen LogP) is -0.478. The fraction of sp³-hybridized carbons (Fsp3) is 0.400. The molecule has 2 aromatic rings. The van der Waals surface area contributed by atoms with Crippen molar-refractivity contribution >= 4 is 40.4 Å². The quantitative estimate of drug-likeness (QED) is 0.254. The summed E-state index contributed by atoms with van der Waals surface area (Å²) in [6, 6.07) is 1.46. The van der Waals surface area contributed by atoms with Gasteiger partial charge >= 0.3 is 23.5 Å². The summed E-state index contributed by atoms with van der Waals surface area (Å²) >= 11 is 0. The number of nitrogens with zero attached hydrogens (tertiary/aromatic N) is 2. The van der Waals surface area contributed by atoms with Crippen molar-refractivity contribution in [2.75, 3.05) is 18.9 Å². The normalized spacial score (nSPS) is 24.0. The molecule has 168 valence electrons. The van der Waals surface area contributed by atoms with Gasteiger partial charge in [-0.15, -0.1) is 0 Å². The summed E-state index contributed by atoms with van der Waals surface area (Å²) in [5.74, 6) is -0.129. The second-order valence-electron chi connectivity index (χ2n) is 5.65. The fourth-order valence-corrected chi connectivity index (χ4v) is 5.43. The Bertz CT molecular complexity index is 1140. The van der Waals surface area contributed by atoms with Crippen molar-refractivity contribution in [3.05, 3.63) is 22.6 Å². The number of phosphoric acid groups is 3. The highest BCUT2D eigenvalue weighted by molar-refractivity contribution is 7.66. The first-order valence-electron chi connectivity index (χ1n) is 7.66. The van der Waals surface area contributed by atoms with Crippen LogP contribution in [0.5, 0.6) is 0 Å². The van der Waals surface area contributed by atoms with Gasteiger partial charge in [0, 0.05) is 6.20 Å². The average molecular weight is 492 g/mol. The molecule has 1 saturated heterocycles. The molecule has 0 saturated carbocycles. The maximum Gasteiger partial charge on any atom is 0.490 e. The second kappa shape index (κ2) is 8.24. The highest BCUT2D eigenvalue weighted by Crippen LogP contribution is 2.66. The summed E-state index contributed by atoms with van der Waals surface area (Å²) in [5.41, 5.74) is 5.24. The smallest absolute Gasteiger partial charge is 0.369 e. The van der Waals surface area contributed by atoms with Gasteiger partial charge in [0.1, 0.15) is 6.61 Å². The minimum atomic E-state index is -5.63. The number of H-pyrrole nitrogens is 1. The van der Waals surface area contributed by atoms with Crippen molar-refractivity contribution in [2.45, 2.75) is 12.5 Å². The van der Waals surface area contributed by atoms with E-state index in [1.807, 2.05) is 0 Å². The van der Waals surface area contributed by atoms with Crippen LogP contribution >= 0.6 is 23.5 Å². The van der Waals surface area contributed by atoms with E-state index in [1.54, 1.807) is 0 Å². The number of aromatic amines is 1. The topological polar surface area (TPSA) is 255 Å². The van der Waals surface area contributed by atoms with Gasteiger partial charge in [0.15, 0.2) is 18.2 Å². The molecule has 2 aromatic heterocycles. The third-order valence-corrected chi connectivity index (χ3v) is 7.24. The van der Waals surface area contributed by atoms with Gasteiger partial charge in [0.05, 0.1) is 12.0 Å². The van der Waals surface area contributed by atoms with Crippen molar-refractivity contribution in [2.24, 2.45) is 0 Å². The lowest BCUT2D eigenvalue weighted by Gasteiger charge is -2.18. The van der Waals surface area contributed by atoms with Gasteiger partial charge in [0.25, 0.3) is 5.56 Å². The van der Waals surface area contributed by atoms with E-state index in [0.717, 1.165) is 0 Å². The van der Waals surface area contributed by atoms with Gasteiger partial charge in [-0.25, -0.2) is 13.7 Å². The van der Waals surface area contributed by atoms with Crippen LogP contribution in [-0.2, 0) is 36.3 Å². The molecule has 7 N–H and O–H groups in total. The number of hydrogen-bond acceptors (Lipinski definition) is 11. The van der Waals surface area contributed by atoms with E-state index in [4.69, 9.17) is 29.9 Å². The Labute approximate surface area is 165 Å². The van der Waals surface area contributed by atoms with E-state index in [9.17, 15) is 23.4 Å². The molecule has 0 amide bonds. The summed E-state index contributed by atoms with van der Waals surface area (Å²) in [7, 11) is -16.4. The van der Waals surface area contributed by atoms with Crippen LogP contribution in [0.4, 0.5) is 5.95 Å². The SMILES string of the molecule is Nc1nc2c(ccn2[C@H]2CO[C@@H](COP(=O)(O)OP(=O)(O)OP(=O)(O)O)O2)c(=O)[nH]1. The van der Waals surface area contributed by atoms with E-state index >= 15 is 0 Å². The number of ether oxygens (including phenoxy) is 2. The highest BCUT2D eigenvalue weighted by atomic mass is 31.3. The molecule has 1 aliphatic rings. The molecule has 0 bridgehead atoms. The van der Waals surface area contributed by atoms with E-state index in [2.05, 4.69) is 23.1 Å². The molecule has 2 unspecified atom stereocenters. The molecule has 0 spiro atoms. The zero-order valence-electron chi connectivity index (χ0n) is 14.5. The fourth-order valence-electron chi connectivity index (χ4n) is 2.43. The maximum absolute atomic E-state index is 11.8. The van der Waals surface area contributed by atoms with Crippen molar-refractivity contribution in [3.63, 3.8) is 0 Å². The third kappa shape index (κ3) is 5.82. The lowest BCUT2D eigenvalue weighted by atomic mass is 10.4. The molecule has 0 aromatic carbocycles. The number of nitrogens with two attached hydrogens (primary N) is 1. The van der Waals surface area contributed by atoms with Gasteiger partial charge in [-0.2, -0.15) is 13.6 Å². The van der Waals surface area contributed by atoms with Crippen LogP contribution in [-0.4, -0.2) is 53.6 Å². The monoisotopic (exact) mass is 492 g/mol. The maximum atomic E-state index is 11.8. The molecule has 1 fully saturated rings. The highest BCUT2D eigenvalue weighted by Gasteiger charge is 2.41. The predicted molar refractivity (Wildman–Crippen MR) is 94.4 cm³/mol. The third-order valence-electron chi connectivity index (χ3n) is 3.43. The van der Waals surface area contributed by atoms with E-state index < -0.39 is 48.2 Å². The van der Waals surface area contributed by atoms with Crippen LogP contribution in [0.15, 0.2) is 17.1 Å². The number of nitrogens with one attached hydrogen (secondary N) is 1. The van der Waals surface area contributed by atoms with E-state index in [-0.39, 0.29) is 23.6 Å². The molecular weight excluding hydrogens is 477 g/mol. The minimum absolute atomic E-state index is 0.0947. The van der Waals surface area contributed by atoms with E-state index in [1.165, 1.54) is 16.8 Å². The van der Waals surface area contributed by atoms with Gasteiger partial charge in [0.2, 0.25) is 5.95 Å². The molecule has 3 heterocycles.